The van der Waals surface area contributed by atoms with Crippen LogP contribution in [0.2, 0.25) is 0 Å². The molecule has 0 unspecified atom stereocenters. The lowest BCUT2D eigenvalue weighted by Crippen LogP contribution is -2.42. The number of aryl methyl sites for hydroxylation is 1. The number of carbonyl (C=O) groups is 1. The molecule has 3 heteroatoms. The summed E-state index contributed by atoms with van der Waals surface area (Å²) in [5.74, 6) is 1.73. The first kappa shape index (κ1) is 13.3. The zero-order valence-corrected chi connectivity index (χ0v) is 12.4. The Balaban J connectivity index is 1.73. The molecule has 4 rings (SSSR count). The number of ketones is 1. The molecule has 0 aliphatic heterocycles. The molecule has 0 bridgehead atoms. The van der Waals surface area contributed by atoms with Crippen LogP contribution in [0.4, 0.5) is 0 Å². The van der Waals surface area contributed by atoms with Crippen LogP contribution >= 0.6 is 0 Å². The molecule has 0 aromatic heterocycles. The van der Waals surface area contributed by atoms with Crippen LogP contribution in [0.5, 0.6) is 5.75 Å². The summed E-state index contributed by atoms with van der Waals surface area (Å²) in [7, 11) is 0. The summed E-state index contributed by atoms with van der Waals surface area (Å²) in [5.41, 5.74) is 2.32. The van der Waals surface area contributed by atoms with E-state index in [4.69, 9.17) is 0 Å². The van der Waals surface area contributed by atoms with E-state index in [-0.39, 0.29) is 11.2 Å². The Kier molecular flexibility index (Phi) is 2.74. The van der Waals surface area contributed by atoms with Gasteiger partial charge in [0.25, 0.3) is 0 Å². The molecule has 2 saturated carbocycles. The highest BCUT2D eigenvalue weighted by atomic mass is 16.3. The lowest BCUT2D eigenvalue weighted by atomic mass is 9.56. The van der Waals surface area contributed by atoms with Crippen molar-refractivity contribution in [3.05, 3.63) is 29.3 Å². The van der Waals surface area contributed by atoms with E-state index in [1.807, 2.05) is 6.07 Å². The Morgan fingerprint density at radius 3 is 2.90 bits per heavy atom. The largest absolute Gasteiger partial charge is 0.508 e. The lowest BCUT2D eigenvalue weighted by molar-refractivity contribution is -0.134. The molecule has 1 aromatic rings. The number of rotatable bonds is 0. The van der Waals surface area contributed by atoms with Gasteiger partial charge in [0.1, 0.15) is 11.9 Å². The van der Waals surface area contributed by atoms with E-state index in [0.717, 1.165) is 25.7 Å². The highest BCUT2D eigenvalue weighted by molar-refractivity contribution is 5.91. The van der Waals surface area contributed by atoms with Gasteiger partial charge in [0.05, 0.1) is 0 Å². The topological polar surface area (TPSA) is 57.5 Å². The molecular weight excluding hydrogens is 267 g/mol. The van der Waals surface area contributed by atoms with Crippen LogP contribution in [0.1, 0.15) is 49.7 Å². The third-order valence-corrected chi connectivity index (χ3v) is 6.44. The molecule has 3 aliphatic carbocycles. The molecule has 3 aliphatic rings. The third-order valence-electron chi connectivity index (χ3n) is 6.44. The SMILES string of the molecule is C[C@]12CC[C@@H]3c4c[13cH][13c](O)[13cH]c4CC[C@H]3[C@@H]1C[C@@H](O)C2=O. The van der Waals surface area contributed by atoms with Crippen molar-refractivity contribution in [2.75, 3.05) is 0 Å². The number of benzene rings is 1. The summed E-state index contributed by atoms with van der Waals surface area (Å²) in [6.07, 6.45) is 3.84. The minimum absolute atomic E-state index is 0.0717. The van der Waals surface area contributed by atoms with Gasteiger partial charge in [-0.1, -0.05) is 13.0 Å². The first-order valence-corrected chi connectivity index (χ1v) is 8.05. The van der Waals surface area contributed by atoms with Crippen LogP contribution in [0.3, 0.4) is 0 Å². The number of fused-ring (bicyclic) bond motifs is 5. The molecule has 112 valence electrons. The number of carbonyl (C=O) groups excluding carboxylic acids is 1. The molecule has 1 aromatic carbocycles. The number of phenolic OH excluding ortho intramolecular Hbond substituents is 1. The molecule has 21 heavy (non-hydrogen) atoms. The Hall–Kier alpha value is -1.35. The number of hydrogen-bond donors (Lipinski definition) is 2. The standard InChI is InChI=1S/C18H22O3/c1-18-7-6-13-12-5-3-11(19)8-10(12)2-4-14(13)15(18)9-16(20)17(18)21/h3,5,8,13-16,19-20H,2,4,6-7,9H2,1H3/t13-,14-,15+,16-,18+/m1/s1/i3+1,8+1,11+1. The number of aliphatic hydroxyl groups excluding tert-OH is 1. The Bertz CT molecular complexity index is 608. The Morgan fingerprint density at radius 2 is 2.10 bits per heavy atom. The minimum atomic E-state index is -0.750. The van der Waals surface area contributed by atoms with Crippen molar-refractivity contribution in [3.63, 3.8) is 0 Å². The van der Waals surface area contributed by atoms with Crippen LogP contribution in [0.25, 0.3) is 0 Å². The van der Waals surface area contributed by atoms with Gasteiger partial charge in [0, 0.05) is 5.41 Å². The molecule has 0 spiro atoms. The summed E-state index contributed by atoms with van der Waals surface area (Å²) in [4.78, 5) is 12.3. The molecule has 0 saturated heterocycles. The molecule has 3 nitrogen and oxygen atoms in total. The maximum absolute atomic E-state index is 12.3. The minimum Gasteiger partial charge on any atom is -0.508 e. The second kappa shape index (κ2) is 4.33. The van der Waals surface area contributed by atoms with Crippen LogP contribution in [0, 0.1) is 17.3 Å². The van der Waals surface area contributed by atoms with Gasteiger partial charge in [-0.05, 0) is 73.1 Å². The molecule has 2 N–H and O–H groups in total. The second-order valence-electron chi connectivity index (χ2n) is 7.37. The van der Waals surface area contributed by atoms with Gasteiger partial charge in [-0.2, -0.15) is 0 Å². The second-order valence-corrected chi connectivity index (χ2v) is 7.37. The molecular formula is C18H22O3. The predicted octanol–water partition coefficient (Wildman–Crippen LogP) is 2.79. The van der Waals surface area contributed by atoms with Crippen molar-refractivity contribution in [3.8, 4) is 5.75 Å². The van der Waals surface area contributed by atoms with E-state index in [9.17, 15) is 15.0 Å². The first-order valence-electron chi connectivity index (χ1n) is 8.05. The number of Topliss-reactive ketones (excluding diaryl/α,β-unsaturated/α-hetero) is 1. The number of phenols is 1. The van der Waals surface area contributed by atoms with Crippen molar-refractivity contribution >= 4 is 5.78 Å². The highest BCUT2D eigenvalue weighted by Gasteiger charge is 2.57. The smallest absolute Gasteiger partial charge is 0.167 e. The maximum atomic E-state index is 12.3. The molecule has 0 heterocycles. The fourth-order valence-corrected chi connectivity index (χ4v) is 5.36. The first-order chi connectivity index (χ1) is 10.0. The molecule has 2 fully saturated rings. The number of hydrogen-bond acceptors (Lipinski definition) is 3. The van der Waals surface area contributed by atoms with Crippen LogP contribution in [0.15, 0.2) is 18.2 Å². The summed E-state index contributed by atoms with van der Waals surface area (Å²) in [6.45, 7) is 2.07. The summed E-state index contributed by atoms with van der Waals surface area (Å²) in [6, 6.07) is 5.75. The highest BCUT2D eigenvalue weighted by Crippen LogP contribution is 2.59. The van der Waals surface area contributed by atoms with Gasteiger partial charge in [0.15, 0.2) is 5.78 Å². The summed E-state index contributed by atoms with van der Waals surface area (Å²) >= 11 is 0. The Labute approximate surface area is 125 Å². The van der Waals surface area contributed by atoms with Crippen LogP contribution in [-0.4, -0.2) is 22.1 Å². The van der Waals surface area contributed by atoms with Gasteiger partial charge in [-0.25, -0.2) is 0 Å². The van der Waals surface area contributed by atoms with E-state index in [1.54, 1.807) is 6.07 Å². The van der Waals surface area contributed by atoms with Crippen molar-refractivity contribution in [2.45, 2.75) is 51.0 Å². The third kappa shape index (κ3) is 1.73. The molecule has 5 atom stereocenters. The van der Waals surface area contributed by atoms with Crippen LogP contribution < -0.4 is 0 Å². The van der Waals surface area contributed by atoms with Gasteiger partial charge >= 0.3 is 0 Å². The maximum Gasteiger partial charge on any atom is 0.167 e. The van der Waals surface area contributed by atoms with Gasteiger partial charge in [0.2, 0.25) is 0 Å². The Morgan fingerprint density at radius 1 is 1.29 bits per heavy atom. The summed E-state index contributed by atoms with van der Waals surface area (Å²) in [5, 5.41) is 19.7. The number of aromatic hydroxyl groups is 1. The van der Waals surface area contributed by atoms with E-state index < -0.39 is 6.10 Å². The average molecular weight is 289 g/mol. The fraction of sp³-hybridized carbons (Fsp3) is 0.611. The van der Waals surface area contributed by atoms with E-state index in [0.29, 0.717) is 29.9 Å². The number of aliphatic hydroxyl groups is 1. The fourth-order valence-electron chi connectivity index (χ4n) is 5.36. The van der Waals surface area contributed by atoms with Crippen molar-refractivity contribution in [1.29, 1.82) is 0 Å². The summed E-state index contributed by atoms with van der Waals surface area (Å²) < 4.78 is 0. The van der Waals surface area contributed by atoms with Crippen molar-refractivity contribution in [1.82, 2.24) is 0 Å². The zero-order valence-electron chi connectivity index (χ0n) is 12.4. The predicted molar refractivity (Wildman–Crippen MR) is 79.1 cm³/mol. The molecule has 0 radical (unpaired) electrons. The van der Waals surface area contributed by atoms with E-state index in [1.165, 1.54) is 11.1 Å². The van der Waals surface area contributed by atoms with Crippen molar-refractivity contribution < 1.29 is 15.0 Å². The average Bonchev–Trinajstić information content (AvgIpc) is 2.70. The quantitative estimate of drug-likeness (QED) is 0.772. The van der Waals surface area contributed by atoms with Gasteiger partial charge in [-0.3, -0.25) is 4.79 Å². The van der Waals surface area contributed by atoms with E-state index >= 15 is 0 Å². The monoisotopic (exact) mass is 289 g/mol. The van der Waals surface area contributed by atoms with Gasteiger partial charge < -0.3 is 10.2 Å². The van der Waals surface area contributed by atoms with Gasteiger partial charge in [-0.15, -0.1) is 0 Å². The zero-order chi connectivity index (χ0) is 14.8. The van der Waals surface area contributed by atoms with Crippen LogP contribution in [-0.2, 0) is 11.2 Å². The van der Waals surface area contributed by atoms with Crippen molar-refractivity contribution in [2.24, 2.45) is 17.3 Å². The van der Waals surface area contributed by atoms with E-state index in [2.05, 4.69) is 13.0 Å². The normalized spacial score (nSPS) is 41.3. The molecule has 0 amide bonds. The lowest BCUT2D eigenvalue weighted by Gasteiger charge is -2.48.